The minimum absolute atomic E-state index is 0.395. The van der Waals surface area contributed by atoms with Crippen LogP contribution in [0.15, 0.2) is 0 Å². The topological polar surface area (TPSA) is 0 Å². The van der Waals surface area contributed by atoms with Gasteiger partial charge in [0.05, 0.1) is 4.71 Å². The first-order chi connectivity index (χ1) is 5.12. The molecule has 0 amide bonds. The number of hydrogen-bond donors (Lipinski definition) is 0. The van der Waals surface area contributed by atoms with Gasteiger partial charge in [-0.05, 0) is 35.8 Å². The minimum atomic E-state index is 0.395. The zero-order chi connectivity index (χ0) is 8.06. The monoisotopic (exact) mass is 190 g/mol. The molecule has 0 bridgehead atoms. The van der Waals surface area contributed by atoms with Crippen molar-refractivity contribution < 1.29 is 0 Å². The highest BCUT2D eigenvalue weighted by Gasteiger charge is 2.57. The summed E-state index contributed by atoms with van der Waals surface area (Å²) in [5.74, 6) is 3.19. The lowest BCUT2D eigenvalue weighted by Gasteiger charge is -2.09. The second-order valence-electron chi connectivity index (χ2n) is 4.34. The molecule has 1 aliphatic carbocycles. The van der Waals surface area contributed by atoms with Crippen molar-refractivity contribution in [1.29, 1.82) is 0 Å². The van der Waals surface area contributed by atoms with Crippen LogP contribution in [-0.2, 0) is 0 Å². The second-order valence-corrected chi connectivity index (χ2v) is 6.44. The third-order valence-corrected chi connectivity index (χ3v) is 5.04. The van der Waals surface area contributed by atoms with Crippen molar-refractivity contribution in [3.63, 3.8) is 0 Å². The van der Waals surface area contributed by atoms with Gasteiger partial charge in [0, 0.05) is 0 Å². The molecular weight excluding hydrogens is 176 g/mol. The molecule has 0 spiro atoms. The fraction of sp³-hybridized carbons (Fsp3) is 1.00. The Balaban J connectivity index is 2.03. The van der Waals surface area contributed by atoms with E-state index < -0.39 is 0 Å². The predicted octanol–water partition coefficient (Wildman–Crippen LogP) is 3.35. The van der Waals surface area contributed by atoms with Crippen molar-refractivity contribution in [2.24, 2.45) is 17.3 Å². The molecule has 1 saturated carbocycles. The molecule has 0 aromatic carbocycles. The van der Waals surface area contributed by atoms with Crippen LogP contribution in [0.3, 0.4) is 0 Å². The molecule has 0 radical (unpaired) electrons. The van der Waals surface area contributed by atoms with Gasteiger partial charge in [-0.2, -0.15) is 0 Å². The van der Waals surface area contributed by atoms with Crippen LogP contribution < -0.4 is 0 Å². The molecule has 2 heteroatoms. The van der Waals surface area contributed by atoms with Crippen LogP contribution in [0.25, 0.3) is 0 Å². The van der Waals surface area contributed by atoms with Crippen molar-refractivity contribution in [3.8, 4) is 0 Å². The van der Waals surface area contributed by atoms with E-state index in [0.29, 0.717) is 10.1 Å². The molecule has 0 nitrogen and oxygen atoms in total. The van der Waals surface area contributed by atoms with E-state index in [1.165, 1.54) is 18.6 Å². The van der Waals surface area contributed by atoms with E-state index in [9.17, 15) is 0 Å². The third kappa shape index (κ3) is 1.31. The summed E-state index contributed by atoms with van der Waals surface area (Å²) in [7, 11) is 0. The summed E-state index contributed by atoms with van der Waals surface area (Å²) < 4.78 is 0.395. The molecule has 3 atom stereocenters. The molecule has 0 aromatic heterocycles. The molecule has 11 heavy (non-hydrogen) atoms. The summed E-state index contributed by atoms with van der Waals surface area (Å²) >= 11 is 8.07. The molecule has 64 valence electrons. The lowest BCUT2D eigenvalue weighted by Crippen LogP contribution is -2.00. The maximum absolute atomic E-state index is 6.13. The summed E-state index contributed by atoms with van der Waals surface area (Å²) in [5.41, 5.74) is 0.619. The van der Waals surface area contributed by atoms with E-state index in [1.54, 1.807) is 0 Å². The van der Waals surface area contributed by atoms with Gasteiger partial charge in [-0.1, -0.05) is 13.8 Å². The highest BCUT2D eigenvalue weighted by atomic mass is 35.5. The number of alkyl halides is 1. The van der Waals surface area contributed by atoms with E-state index >= 15 is 0 Å². The van der Waals surface area contributed by atoms with Gasteiger partial charge in [-0.15, -0.1) is 23.4 Å². The van der Waals surface area contributed by atoms with Crippen molar-refractivity contribution in [1.82, 2.24) is 0 Å². The Morgan fingerprint density at radius 2 is 2.09 bits per heavy atom. The zero-order valence-electron chi connectivity index (χ0n) is 7.14. The Bertz CT molecular complexity index is 167. The van der Waals surface area contributed by atoms with Gasteiger partial charge in [0.2, 0.25) is 0 Å². The standard InChI is InChI=1S/C9H15ClS/c1-9(2)6-3-4-11-8(10)5-7(6)9/h6-8H,3-5H2,1-2H3. The molecule has 0 aromatic rings. The van der Waals surface area contributed by atoms with Crippen LogP contribution in [0, 0.1) is 17.3 Å². The maximum atomic E-state index is 6.13. The Hall–Kier alpha value is 0.640. The minimum Gasteiger partial charge on any atom is -0.142 e. The van der Waals surface area contributed by atoms with Crippen molar-refractivity contribution >= 4 is 23.4 Å². The van der Waals surface area contributed by atoms with Gasteiger partial charge in [-0.3, -0.25) is 0 Å². The Morgan fingerprint density at radius 3 is 2.82 bits per heavy atom. The molecule has 1 aliphatic heterocycles. The SMILES string of the molecule is CC1(C)C2CCSC(Cl)CC21. The molecule has 1 saturated heterocycles. The average molecular weight is 191 g/mol. The molecule has 2 rings (SSSR count). The fourth-order valence-electron chi connectivity index (χ4n) is 2.49. The van der Waals surface area contributed by atoms with Crippen LogP contribution in [-0.4, -0.2) is 10.5 Å². The quantitative estimate of drug-likeness (QED) is 0.528. The third-order valence-electron chi connectivity index (χ3n) is 3.45. The molecule has 2 aliphatic rings. The van der Waals surface area contributed by atoms with Gasteiger partial charge in [0.15, 0.2) is 0 Å². The smallest absolute Gasteiger partial charge is 0.0791 e. The average Bonchev–Trinajstić information content (AvgIpc) is 2.48. The van der Waals surface area contributed by atoms with Crippen molar-refractivity contribution in [2.75, 3.05) is 5.75 Å². The van der Waals surface area contributed by atoms with Crippen LogP contribution in [0.1, 0.15) is 26.7 Å². The summed E-state index contributed by atoms with van der Waals surface area (Å²) in [6.45, 7) is 4.78. The fourth-order valence-corrected chi connectivity index (χ4v) is 3.94. The summed E-state index contributed by atoms with van der Waals surface area (Å²) in [5, 5.41) is 0. The van der Waals surface area contributed by atoms with E-state index in [1.807, 2.05) is 11.8 Å². The lowest BCUT2D eigenvalue weighted by molar-refractivity contribution is 0.522. The maximum Gasteiger partial charge on any atom is 0.0791 e. The zero-order valence-corrected chi connectivity index (χ0v) is 8.71. The van der Waals surface area contributed by atoms with E-state index in [-0.39, 0.29) is 0 Å². The van der Waals surface area contributed by atoms with Crippen LogP contribution in [0.5, 0.6) is 0 Å². The van der Waals surface area contributed by atoms with Gasteiger partial charge < -0.3 is 0 Å². The Morgan fingerprint density at radius 1 is 1.36 bits per heavy atom. The van der Waals surface area contributed by atoms with Crippen molar-refractivity contribution in [2.45, 2.75) is 31.4 Å². The van der Waals surface area contributed by atoms with Gasteiger partial charge in [-0.25, -0.2) is 0 Å². The second kappa shape index (κ2) is 2.56. The number of thioether (sulfide) groups is 1. The normalized spacial score (nSPS) is 47.7. The Labute approximate surface area is 78.1 Å². The highest BCUT2D eigenvalue weighted by Crippen LogP contribution is 2.64. The highest BCUT2D eigenvalue weighted by molar-refractivity contribution is 8.01. The van der Waals surface area contributed by atoms with Crippen LogP contribution in [0.2, 0.25) is 0 Å². The number of rotatable bonds is 0. The first kappa shape index (κ1) is 8.25. The van der Waals surface area contributed by atoms with Crippen LogP contribution >= 0.6 is 23.4 Å². The summed E-state index contributed by atoms with van der Waals surface area (Å²) in [6, 6.07) is 0. The van der Waals surface area contributed by atoms with E-state index in [2.05, 4.69) is 13.8 Å². The van der Waals surface area contributed by atoms with Crippen molar-refractivity contribution in [3.05, 3.63) is 0 Å². The van der Waals surface area contributed by atoms with Gasteiger partial charge in [0.25, 0.3) is 0 Å². The lowest BCUT2D eigenvalue weighted by atomic mass is 10.1. The number of halogens is 1. The number of hydrogen-bond acceptors (Lipinski definition) is 1. The molecule has 1 heterocycles. The molecule has 3 unspecified atom stereocenters. The molecule has 2 fully saturated rings. The van der Waals surface area contributed by atoms with E-state index in [4.69, 9.17) is 11.6 Å². The first-order valence-corrected chi connectivity index (χ1v) is 5.86. The van der Waals surface area contributed by atoms with Crippen LogP contribution in [0.4, 0.5) is 0 Å². The summed E-state index contributed by atoms with van der Waals surface area (Å²) in [6.07, 6.45) is 2.63. The molecular formula is C9H15ClS. The Kier molecular flexibility index (Phi) is 1.92. The molecule has 0 N–H and O–H groups in total. The largest absolute Gasteiger partial charge is 0.142 e. The van der Waals surface area contributed by atoms with Gasteiger partial charge >= 0.3 is 0 Å². The summed E-state index contributed by atoms with van der Waals surface area (Å²) in [4.78, 5) is 0. The van der Waals surface area contributed by atoms with Gasteiger partial charge in [0.1, 0.15) is 0 Å². The number of fused-ring (bicyclic) bond motifs is 1. The first-order valence-electron chi connectivity index (χ1n) is 4.38. The predicted molar refractivity (Wildman–Crippen MR) is 52.1 cm³/mol. The van der Waals surface area contributed by atoms with E-state index in [0.717, 1.165) is 11.8 Å².